The first-order valence-electron chi connectivity index (χ1n) is 9.09. The summed E-state index contributed by atoms with van der Waals surface area (Å²) in [4.78, 5) is 13.9. The maximum Gasteiger partial charge on any atom is 0.242 e. The van der Waals surface area contributed by atoms with Crippen LogP contribution in [-0.2, 0) is 24.2 Å². The fraction of sp³-hybridized carbons (Fsp3) is 0.381. The topological polar surface area (TPSA) is 86.8 Å². The van der Waals surface area contributed by atoms with Gasteiger partial charge in [0.15, 0.2) is 0 Å². The van der Waals surface area contributed by atoms with E-state index in [9.17, 15) is 4.79 Å². The van der Waals surface area contributed by atoms with E-state index in [4.69, 9.17) is 15.9 Å². The third-order valence-electron chi connectivity index (χ3n) is 4.95. The molecule has 1 aliphatic heterocycles. The zero-order valence-electron chi connectivity index (χ0n) is 14.9. The molecule has 0 aliphatic carbocycles. The van der Waals surface area contributed by atoms with E-state index in [0.717, 1.165) is 24.8 Å². The molecule has 1 atom stereocenters. The lowest BCUT2D eigenvalue weighted by atomic mass is 9.94. The molecule has 0 bridgehead atoms. The molecule has 0 unspecified atom stereocenters. The molecule has 5 nitrogen and oxygen atoms in total. The monoisotopic (exact) mass is 354 g/mol. The number of fused-ring (bicyclic) bond motifs is 1. The number of benzene rings is 2. The summed E-state index contributed by atoms with van der Waals surface area (Å²) in [7, 11) is 0. The molecule has 1 heterocycles. The molecule has 1 aliphatic rings. The van der Waals surface area contributed by atoms with E-state index in [2.05, 4.69) is 42.5 Å². The van der Waals surface area contributed by atoms with Gasteiger partial charge in [-0.3, -0.25) is 4.79 Å². The highest BCUT2D eigenvalue weighted by Gasteiger charge is 2.24. The van der Waals surface area contributed by atoms with Crippen LogP contribution in [0.25, 0.3) is 11.1 Å². The second-order valence-corrected chi connectivity index (χ2v) is 6.81. The second kappa shape index (κ2) is 8.45. The van der Waals surface area contributed by atoms with Crippen molar-refractivity contribution in [1.82, 2.24) is 4.90 Å². The first-order valence-corrected chi connectivity index (χ1v) is 9.09. The van der Waals surface area contributed by atoms with Crippen LogP contribution in [0.2, 0.25) is 0 Å². The number of amides is 1. The number of rotatable bonds is 6. The number of hydrogen-bond donors (Lipinski definition) is 3. The van der Waals surface area contributed by atoms with Gasteiger partial charge in [-0.05, 0) is 47.1 Å². The highest BCUT2D eigenvalue weighted by molar-refractivity contribution is 5.82. The Labute approximate surface area is 154 Å². The standard InChI is InChI=1S/C21H26N2O3/c22-20(14-25)21(26)23-10-9-18-12-17(7-8-19(18)13-23)16-5-3-15(4-6-16)2-1-11-24/h3-8,12,20,24-25H,1-2,9-11,13-14,22H2/t20-/m1/s1. The van der Waals surface area contributed by atoms with Crippen molar-refractivity contribution in [2.45, 2.75) is 31.8 Å². The lowest BCUT2D eigenvalue weighted by Crippen LogP contribution is -2.47. The van der Waals surface area contributed by atoms with Crippen LogP contribution in [0.15, 0.2) is 42.5 Å². The van der Waals surface area contributed by atoms with Crippen molar-refractivity contribution in [3.8, 4) is 11.1 Å². The zero-order chi connectivity index (χ0) is 18.5. The molecule has 26 heavy (non-hydrogen) atoms. The van der Waals surface area contributed by atoms with Gasteiger partial charge >= 0.3 is 0 Å². The smallest absolute Gasteiger partial charge is 0.242 e. The van der Waals surface area contributed by atoms with Gasteiger partial charge in [-0.15, -0.1) is 0 Å². The lowest BCUT2D eigenvalue weighted by molar-refractivity contribution is -0.134. The Morgan fingerprint density at radius 3 is 2.50 bits per heavy atom. The third-order valence-corrected chi connectivity index (χ3v) is 4.95. The first kappa shape index (κ1) is 18.6. The van der Waals surface area contributed by atoms with Gasteiger partial charge in [-0.25, -0.2) is 0 Å². The number of carbonyl (C=O) groups is 1. The van der Waals surface area contributed by atoms with Crippen LogP contribution in [0.1, 0.15) is 23.1 Å². The van der Waals surface area contributed by atoms with Gasteiger partial charge in [0, 0.05) is 19.7 Å². The molecule has 0 saturated carbocycles. The van der Waals surface area contributed by atoms with E-state index >= 15 is 0 Å². The fourth-order valence-corrected chi connectivity index (χ4v) is 3.38. The third kappa shape index (κ3) is 4.12. The van der Waals surface area contributed by atoms with Gasteiger partial charge in [-0.1, -0.05) is 42.5 Å². The van der Waals surface area contributed by atoms with Gasteiger partial charge in [-0.2, -0.15) is 0 Å². The van der Waals surface area contributed by atoms with E-state index in [-0.39, 0.29) is 19.1 Å². The van der Waals surface area contributed by atoms with E-state index < -0.39 is 6.04 Å². The number of hydrogen-bond acceptors (Lipinski definition) is 4. The molecular formula is C21H26N2O3. The first-order chi connectivity index (χ1) is 12.6. The number of aliphatic hydroxyl groups excluding tert-OH is 2. The quantitative estimate of drug-likeness (QED) is 0.733. The highest BCUT2D eigenvalue weighted by atomic mass is 16.3. The van der Waals surface area contributed by atoms with Crippen molar-refractivity contribution in [2.24, 2.45) is 5.73 Å². The van der Waals surface area contributed by atoms with Gasteiger partial charge < -0.3 is 20.8 Å². The summed E-state index contributed by atoms with van der Waals surface area (Å²) in [6.07, 6.45) is 2.47. The van der Waals surface area contributed by atoms with E-state index in [1.54, 1.807) is 4.90 Å². The fourth-order valence-electron chi connectivity index (χ4n) is 3.38. The van der Waals surface area contributed by atoms with Gasteiger partial charge in [0.05, 0.1) is 6.61 Å². The molecule has 1 amide bonds. The number of nitrogens with zero attached hydrogens (tertiary/aromatic N) is 1. The summed E-state index contributed by atoms with van der Waals surface area (Å²) >= 11 is 0. The second-order valence-electron chi connectivity index (χ2n) is 6.81. The molecule has 0 fully saturated rings. The Balaban J connectivity index is 1.73. The number of carbonyl (C=O) groups excluding carboxylic acids is 1. The molecular weight excluding hydrogens is 328 g/mol. The Bertz CT molecular complexity index is 758. The molecule has 3 rings (SSSR count). The summed E-state index contributed by atoms with van der Waals surface area (Å²) in [6, 6.07) is 14.0. The molecule has 4 N–H and O–H groups in total. The van der Waals surface area contributed by atoms with Gasteiger partial charge in [0.1, 0.15) is 6.04 Å². The normalized spacial score (nSPS) is 14.8. The minimum Gasteiger partial charge on any atom is -0.396 e. The van der Waals surface area contributed by atoms with Crippen LogP contribution in [0.5, 0.6) is 0 Å². The highest BCUT2D eigenvalue weighted by Crippen LogP contribution is 2.27. The average Bonchev–Trinajstić information content (AvgIpc) is 2.70. The Morgan fingerprint density at radius 1 is 1.08 bits per heavy atom. The summed E-state index contributed by atoms with van der Waals surface area (Å²) in [6.45, 7) is 1.07. The molecule has 5 heteroatoms. The molecule has 0 saturated heterocycles. The van der Waals surface area contributed by atoms with Crippen molar-refractivity contribution in [3.63, 3.8) is 0 Å². The minimum absolute atomic E-state index is 0.194. The van der Waals surface area contributed by atoms with Crippen molar-refractivity contribution >= 4 is 5.91 Å². The van der Waals surface area contributed by atoms with Crippen LogP contribution < -0.4 is 5.73 Å². The SMILES string of the molecule is N[C@H](CO)C(=O)N1CCc2cc(-c3ccc(CCCO)cc3)ccc2C1. The molecule has 2 aromatic carbocycles. The van der Waals surface area contributed by atoms with E-state index in [1.165, 1.54) is 22.3 Å². The molecule has 2 aromatic rings. The van der Waals surface area contributed by atoms with Crippen LogP contribution in [0, 0.1) is 0 Å². The molecule has 138 valence electrons. The molecule has 0 aromatic heterocycles. The summed E-state index contributed by atoms with van der Waals surface area (Å²) < 4.78 is 0. The lowest BCUT2D eigenvalue weighted by Gasteiger charge is -2.30. The number of aryl methyl sites for hydroxylation is 1. The Kier molecular flexibility index (Phi) is 6.04. The average molecular weight is 354 g/mol. The van der Waals surface area contributed by atoms with Crippen LogP contribution in [0.4, 0.5) is 0 Å². The van der Waals surface area contributed by atoms with Crippen molar-refractivity contribution in [1.29, 1.82) is 0 Å². The van der Waals surface area contributed by atoms with Crippen LogP contribution in [0.3, 0.4) is 0 Å². The summed E-state index contributed by atoms with van der Waals surface area (Å²) in [5.74, 6) is -0.194. The maximum absolute atomic E-state index is 12.2. The Morgan fingerprint density at radius 2 is 1.81 bits per heavy atom. The van der Waals surface area contributed by atoms with Crippen molar-refractivity contribution in [2.75, 3.05) is 19.8 Å². The van der Waals surface area contributed by atoms with E-state index in [1.807, 2.05) is 0 Å². The van der Waals surface area contributed by atoms with Gasteiger partial charge in [0.2, 0.25) is 5.91 Å². The predicted octanol–water partition coefficient (Wildman–Crippen LogP) is 1.48. The van der Waals surface area contributed by atoms with Crippen LogP contribution >= 0.6 is 0 Å². The maximum atomic E-state index is 12.2. The number of aliphatic hydroxyl groups is 2. The summed E-state index contributed by atoms with van der Waals surface area (Å²) in [5, 5.41) is 18.0. The Hall–Kier alpha value is -2.21. The van der Waals surface area contributed by atoms with E-state index in [0.29, 0.717) is 13.1 Å². The molecule has 0 spiro atoms. The zero-order valence-corrected chi connectivity index (χ0v) is 14.9. The molecule has 0 radical (unpaired) electrons. The minimum atomic E-state index is -0.833. The van der Waals surface area contributed by atoms with Crippen molar-refractivity contribution < 1.29 is 15.0 Å². The number of nitrogens with two attached hydrogens (primary N) is 1. The predicted molar refractivity (Wildman–Crippen MR) is 101 cm³/mol. The van der Waals surface area contributed by atoms with Gasteiger partial charge in [0.25, 0.3) is 0 Å². The van der Waals surface area contributed by atoms with Crippen molar-refractivity contribution in [3.05, 3.63) is 59.2 Å². The largest absolute Gasteiger partial charge is 0.396 e. The summed E-state index contributed by atoms with van der Waals surface area (Å²) in [5.41, 5.74) is 11.6. The van der Waals surface area contributed by atoms with Crippen LogP contribution in [-0.4, -0.2) is 46.8 Å².